The van der Waals surface area contributed by atoms with Crippen molar-refractivity contribution in [3.8, 4) is 0 Å². The van der Waals surface area contributed by atoms with Crippen molar-refractivity contribution in [1.82, 2.24) is 5.32 Å². The number of ether oxygens (including phenoxy) is 2. The monoisotopic (exact) mass is 403 g/mol. The van der Waals surface area contributed by atoms with E-state index in [1.54, 1.807) is 20.8 Å². The van der Waals surface area contributed by atoms with Crippen molar-refractivity contribution < 1.29 is 19.1 Å². The van der Waals surface area contributed by atoms with E-state index >= 15 is 0 Å². The largest absolute Gasteiger partial charge is 0.461 e. The fourth-order valence-corrected chi connectivity index (χ4v) is 4.18. The molecule has 1 aromatic carbocycles. The van der Waals surface area contributed by atoms with Crippen LogP contribution in [-0.4, -0.2) is 29.8 Å². The van der Waals surface area contributed by atoms with Crippen LogP contribution in [-0.2, 0) is 20.7 Å². The molecule has 1 fully saturated rings. The van der Waals surface area contributed by atoms with Crippen molar-refractivity contribution in [1.29, 1.82) is 0 Å². The van der Waals surface area contributed by atoms with Crippen LogP contribution in [0.15, 0.2) is 30.3 Å². The van der Waals surface area contributed by atoms with Crippen LogP contribution in [0.25, 0.3) is 0 Å². The number of benzene rings is 1. The first kappa shape index (κ1) is 23.2. The van der Waals surface area contributed by atoms with Gasteiger partial charge in [0.05, 0.1) is 0 Å². The molecule has 4 unspecified atom stereocenters. The second-order valence-corrected chi connectivity index (χ2v) is 9.17. The molecular weight excluding hydrogens is 366 g/mol. The second-order valence-electron chi connectivity index (χ2n) is 9.17. The molecular formula is C24H37NO4. The molecule has 0 aliphatic carbocycles. The van der Waals surface area contributed by atoms with Gasteiger partial charge in [0, 0.05) is 5.92 Å². The Morgan fingerprint density at radius 1 is 1.21 bits per heavy atom. The first-order valence-corrected chi connectivity index (χ1v) is 10.9. The molecule has 29 heavy (non-hydrogen) atoms. The van der Waals surface area contributed by atoms with Gasteiger partial charge in [0.15, 0.2) is 0 Å². The summed E-state index contributed by atoms with van der Waals surface area (Å²) in [4.78, 5) is 25.0. The molecule has 1 aliphatic rings. The summed E-state index contributed by atoms with van der Waals surface area (Å²) < 4.78 is 11.2. The van der Waals surface area contributed by atoms with Crippen molar-refractivity contribution in [3.05, 3.63) is 35.9 Å². The zero-order valence-electron chi connectivity index (χ0n) is 18.6. The van der Waals surface area contributed by atoms with Crippen LogP contribution in [0.2, 0.25) is 0 Å². The van der Waals surface area contributed by atoms with Crippen LogP contribution >= 0.6 is 0 Å². The van der Waals surface area contributed by atoms with Gasteiger partial charge < -0.3 is 14.8 Å². The molecule has 1 aromatic rings. The number of cyclic esters (lactones) is 1. The Labute approximate surface area is 175 Å². The van der Waals surface area contributed by atoms with E-state index in [0.29, 0.717) is 12.3 Å². The van der Waals surface area contributed by atoms with Crippen molar-refractivity contribution >= 4 is 12.1 Å². The molecule has 1 amide bonds. The van der Waals surface area contributed by atoms with Gasteiger partial charge in [-0.15, -0.1) is 0 Å². The number of esters is 1. The van der Waals surface area contributed by atoms with Crippen molar-refractivity contribution in [2.24, 2.45) is 11.8 Å². The fourth-order valence-electron chi connectivity index (χ4n) is 4.18. The van der Waals surface area contributed by atoms with Gasteiger partial charge >= 0.3 is 12.1 Å². The summed E-state index contributed by atoms with van der Waals surface area (Å²) in [6, 6.07) is 9.74. The molecule has 162 valence electrons. The maximum atomic E-state index is 12.8. The van der Waals surface area contributed by atoms with Crippen molar-refractivity contribution in [3.63, 3.8) is 0 Å². The number of hydrogen-bond donors (Lipinski definition) is 1. The molecule has 4 atom stereocenters. The topological polar surface area (TPSA) is 64.6 Å². The number of carbonyl (C=O) groups excluding carboxylic acids is 2. The highest BCUT2D eigenvalue weighted by molar-refractivity contribution is 5.81. The van der Waals surface area contributed by atoms with E-state index in [1.807, 2.05) is 13.0 Å². The van der Waals surface area contributed by atoms with E-state index in [2.05, 4.69) is 36.5 Å². The van der Waals surface area contributed by atoms with E-state index in [-0.39, 0.29) is 18.0 Å². The zero-order valence-corrected chi connectivity index (χ0v) is 18.6. The van der Waals surface area contributed by atoms with Gasteiger partial charge in [-0.3, -0.25) is 0 Å². The smallest absolute Gasteiger partial charge is 0.408 e. The first-order chi connectivity index (χ1) is 13.7. The SMILES string of the molecule is CCCC1CCCC(NC(=O)OC(C)(C)C)C(=O)OC(C)C1Cc1ccccc1. The maximum Gasteiger partial charge on any atom is 0.408 e. The molecule has 1 saturated heterocycles. The molecule has 1 heterocycles. The van der Waals surface area contributed by atoms with Gasteiger partial charge in [-0.25, -0.2) is 9.59 Å². The highest BCUT2D eigenvalue weighted by Crippen LogP contribution is 2.32. The molecule has 0 radical (unpaired) electrons. The Kier molecular flexibility index (Phi) is 8.54. The predicted molar refractivity (Wildman–Crippen MR) is 115 cm³/mol. The van der Waals surface area contributed by atoms with Crippen molar-refractivity contribution in [2.75, 3.05) is 0 Å². The van der Waals surface area contributed by atoms with Gasteiger partial charge in [0.1, 0.15) is 17.7 Å². The van der Waals surface area contributed by atoms with E-state index in [1.165, 1.54) is 5.56 Å². The Bertz CT molecular complexity index is 653. The Morgan fingerprint density at radius 3 is 2.52 bits per heavy atom. The lowest BCUT2D eigenvalue weighted by Crippen LogP contribution is -2.45. The Balaban J connectivity index is 2.13. The maximum absolute atomic E-state index is 12.8. The van der Waals surface area contributed by atoms with Crippen LogP contribution in [0, 0.1) is 11.8 Å². The van der Waals surface area contributed by atoms with Crippen LogP contribution in [0.5, 0.6) is 0 Å². The van der Waals surface area contributed by atoms with Crippen LogP contribution in [0.4, 0.5) is 4.79 Å². The lowest BCUT2D eigenvalue weighted by Gasteiger charge is -2.31. The molecule has 1 N–H and O–H groups in total. The average Bonchev–Trinajstić information content (AvgIpc) is 2.67. The first-order valence-electron chi connectivity index (χ1n) is 10.9. The van der Waals surface area contributed by atoms with E-state index in [4.69, 9.17) is 9.47 Å². The molecule has 0 aromatic heterocycles. The lowest BCUT2D eigenvalue weighted by molar-refractivity contribution is -0.154. The standard InChI is InChI=1S/C24H37NO4/c1-6-11-19-14-10-15-21(25-23(27)29-24(3,4)5)22(26)28-17(2)20(19)16-18-12-8-7-9-13-18/h7-9,12-13,17,19-21H,6,10-11,14-16H2,1-5H3,(H,25,27). The number of nitrogens with one attached hydrogen (secondary N) is 1. The molecule has 0 saturated carbocycles. The van der Waals surface area contributed by atoms with Gasteiger partial charge in [-0.2, -0.15) is 0 Å². The summed E-state index contributed by atoms with van der Waals surface area (Å²) in [6.07, 6.45) is 4.81. The molecule has 5 nitrogen and oxygen atoms in total. The second kappa shape index (κ2) is 10.7. The predicted octanol–water partition coefficient (Wildman–Crippen LogP) is 5.27. The third kappa shape index (κ3) is 7.71. The molecule has 0 bridgehead atoms. The molecule has 5 heteroatoms. The van der Waals surface area contributed by atoms with E-state index < -0.39 is 17.7 Å². The fraction of sp³-hybridized carbons (Fsp3) is 0.667. The van der Waals surface area contributed by atoms with E-state index in [0.717, 1.165) is 32.1 Å². The summed E-state index contributed by atoms with van der Waals surface area (Å²) in [5, 5.41) is 2.72. The van der Waals surface area contributed by atoms with Gasteiger partial charge in [0.25, 0.3) is 0 Å². The quantitative estimate of drug-likeness (QED) is 0.680. The highest BCUT2D eigenvalue weighted by Gasteiger charge is 2.34. The van der Waals surface area contributed by atoms with Crippen LogP contribution < -0.4 is 5.32 Å². The summed E-state index contributed by atoms with van der Waals surface area (Å²) >= 11 is 0. The average molecular weight is 404 g/mol. The summed E-state index contributed by atoms with van der Waals surface area (Å²) in [7, 11) is 0. The summed E-state index contributed by atoms with van der Waals surface area (Å²) in [5.74, 6) is 0.392. The molecule has 2 rings (SSSR count). The number of carbonyl (C=O) groups is 2. The molecule has 1 aliphatic heterocycles. The number of amides is 1. The lowest BCUT2D eigenvalue weighted by atomic mass is 9.78. The van der Waals surface area contributed by atoms with Crippen LogP contribution in [0.1, 0.15) is 72.3 Å². The van der Waals surface area contributed by atoms with Gasteiger partial charge in [-0.1, -0.05) is 56.5 Å². The van der Waals surface area contributed by atoms with Crippen LogP contribution in [0.3, 0.4) is 0 Å². The normalized spacial score (nSPS) is 25.9. The zero-order chi connectivity index (χ0) is 21.4. The van der Waals surface area contributed by atoms with Gasteiger partial charge in [0.2, 0.25) is 0 Å². The van der Waals surface area contributed by atoms with Gasteiger partial charge in [-0.05, 0) is 58.4 Å². The van der Waals surface area contributed by atoms with E-state index in [9.17, 15) is 9.59 Å². The third-order valence-corrected chi connectivity index (χ3v) is 5.53. The summed E-state index contributed by atoms with van der Waals surface area (Å²) in [5.41, 5.74) is 0.663. The van der Waals surface area contributed by atoms with Crippen molar-refractivity contribution in [2.45, 2.75) is 90.9 Å². The minimum absolute atomic E-state index is 0.208. The number of rotatable bonds is 5. The third-order valence-electron chi connectivity index (χ3n) is 5.53. The minimum Gasteiger partial charge on any atom is -0.461 e. The highest BCUT2D eigenvalue weighted by atomic mass is 16.6. The summed E-state index contributed by atoms with van der Waals surface area (Å²) in [6.45, 7) is 9.61. The number of alkyl carbamates (subject to hydrolysis) is 1. The Hall–Kier alpha value is -2.04. The molecule has 0 spiro atoms. The number of hydrogen-bond acceptors (Lipinski definition) is 4. The minimum atomic E-state index is -0.662. The Morgan fingerprint density at radius 2 is 1.90 bits per heavy atom.